The van der Waals surface area contributed by atoms with Gasteiger partial charge in [0.25, 0.3) is 5.91 Å². The minimum Gasteiger partial charge on any atom is -0.451 e. The van der Waals surface area contributed by atoms with Crippen molar-refractivity contribution in [2.45, 2.75) is 32.2 Å². The molecule has 2 aromatic heterocycles. The molecule has 0 spiro atoms. The Bertz CT molecular complexity index is 684. The zero-order valence-electron chi connectivity index (χ0n) is 12.7. The van der Waals surface area contributed by atoms with Crippen LogP contribution in [0.1, 0.15) is 35.9 Å². The van der Waals surface area contributed by atoms with Crippen molar-refractivity contribution in [2.24, 2.45) is 0 Å². The molecule has 0 aliphatic carbocycles. The zero-order chi connectivity index (χ0) is 16.2. The van der Waals surface area contributed by atoms with Gasteiger partial charge in [0.1, 0.15) is 11.2 Å². The summed E-state index contributed by atoms with van der Waals surface area (Å²) in [6, 6.07) is 1.93. The Hall–Kier alpha value is -2.29. The molecule has 122 valence electrons. The van der Waals surface area contributed by atoms with Crippen molar-refractivity contribution >= 4 is 23.2 Å². The third-order valence-electron chi connectivity index (χ3n) is 3.88. The number of aromatic nitrogens is 4. The molecule has 1 atom stereocenters. The lowest BCUT2D eigenvalue weighted by molar-refractivity contribution is -0.137. The molecule has 0 radical (unpaired) electrons. The smallest absolute Gasteiger partial charge is 0.351 e. The monoisotopic (exact) mass is 335 g/mol. The highest BCUT2D eigenvalue weighted by Gasteiger charge is 2.25. The molecule has 1 saturated heterocycles. The van der Waals surface area contributed by atoms with Crippen LogP contribution in [0.2, 0.25) is 0 Å². The van der Waals surface area contributed by atoms with E-state index in [1.165, 1.54) is 22.3 Å². The summed E-state index contributed by atoms with van der Waals surface area (Å²) < 4.78 is 6.58. The number of likely N-dealkylation sites (tertiary alicyclic amines) is 1. The number of hydrogen-bond acceptors (Lipinski definition) is 7. The Morgan fingerprint density at radius 1 is 1.43 bits per heavy atom. The first-order valence-corrected chi connectivity index (χ1v) is 8.32. The topological polar surface area (TPSA) is 90.2 Å². The highest BCUT2D eigenvalue weighted by Crippen LogP contribution is 2.21. The average molecular weight is 335 g/mol. The first kappa shape index (κ1) is 15.6. The molecule has 8 nitrogen and oxygen atoms in total. The molecule has 1 aliphatic heterocycles. The van der Waals surface area contributed by atoms with Crippen LogP contribution in [0.5, 0.6) is 0 Å². The van der Waals surface area contributed by atoms with Crippen molar-refractivity contribution in [1.29, 1.82) is 0 Å². The number of esters is 1. The van der Waals surface area contributed by atoms with Crippen molar-refractivity contribution in [3.8, 4) is 5.69 Å². The van der Waals surface area contributed by atoms with Gasteiger partial charge < -0.3 is 9.64 Å². The predicted molar refractivity (Wildman–Crippen MR) is 82.3 cm³/mol. The van der Waals surface area contributed by atoms with Crippen LogP contribution in [0.3, 0.4) is 0 Å². The van der Waals surface area contributed by atoms with Crippen LogP contribution in [-0.2, 0) is 9.53 Å². The maximum Gasteiger partial charge on any atom is 0.351 e. The lowest BCUT2D eigenvalue weighted by Gasteiger charge is -2.33. The fourth-order valence-electron chi connectivity index (χ4n) is 2.65. The van der Waals surface area contributed by atoms with Gasteiger partial charge in [0.2, 0.25) is 0 Å². The number of nitrogens with zero attached hydrogens (tertiary/aromatic N) is 5. The number of carbonyl (C=O) groups excluding carboxylic acids is 2. The highest BCUT2D eigenvalue weighted by molar-refractivity contribution is 7.12. The molecular formula is C14H17N5O3S. The van der Waals surface area contributed by atoms with Crippen LogP contribution in [-0.4, -0.2) is 56.2 Å². The lowest BCUT2D eigenvalue weighted by Crippen LogP contribution is -2.44. The highest BCUT2D eigenvalue weighted by atomic mass is 32.1. The van der Waals surface area contributed by atoms with Gasteiger partial charge in [-0.15, -0.1) is 16.4 Å². The minimum atomic E-state index is -0.538. The molecule has 9 heteroatoms. The van der Waals surface area contributed by atoms with Gasteiger partial charge in [-0.1, -0.05) is 0 Å². The van der Waals surface area contributed by atoms with Gasteiger partial charge in [0, 0.05) is 12.6 Å². The van der Waals surface area contributed by atoms with E-state index in [1.54, 1.807) is 16.3 Å². The first-order chi connectivity index (χ1) is 11.2. The second kappa shape index (κ2) is 6.86. The molecule has 1 fully saturated rings. The van der Waals surface area contributed by atoms with Crippen LogP contribution >= 0.6 is 11.3 Å². The normalized spacial score (nSPS) is 18.0. The van der Waals surface area contributed by atoms with E-state index in [2.05, 4.69) is 15.5 Å². The molecule has 1 amide bonds. The molecule has 0 saturated carbocycles. The standard InChI is InChI=1S/C14H17N5O3S/c1-10-4-2-3-6-18(10)12(20)8-22-14(21)13-11(5-7-23-13)19-9-15-16-17-19/h5,7,9-10H,2-4,6,8H2,1H3. The zero-order valence-corrected chi connectivity index (χ0v) is 13.5. The Kier molecular flexibility index (Phi) is 4.65. The van der Waals surface area contributed by atoms with E-state index < -0.39 is 5.97 Å². The molecule has 1 aliphatic rings. The Morgan fingerprint density at radius 3 is 3.04 bits per heavy atom. The molecule has 3 heterocycles. The maximum absolute atomic E-state index is 12.2. The molecule has 1 unspecified atom stereocenters. The number of carbonyl (C=O) groups is 2. The van der Waals surface area contributed by atoms with Gasteiger partial charge in [-0.2, -0.15) is 4.68 Å². The number of rotatable bonds is 4. The molecule has 0 bridgehead atoms. The second-order valence-electron chi connectivity index (χ2n) is 5.40. The van der Waals surface area contributed by atoms with Crippen LogP contribution in [0.15, 0.2) is 17.8 Å². The van der Waals surface area contributed by atoms with Gasteiger partial charge in [0.15, 0.2) is 6.61 Å². The van der Waals surface area contributed by atoms with Crippen molar-refractivity contribution in [1.82, 2.24) is 25.1 Å². The Morgan fingerprint density at radius 2 is 2.30 bits per heavy atom. The molecule has 3 rings (SSSR count). The third kappa shape index (κ3) is 3.39. The van der Waals surface area contributed by atoms with Crippen LogP contribution in [0.4, 0.5) is 0 Å². The summed E-state index contributed by atoms with van der Waals surface area (Å²) in [6.45, 7) is 2.51. The molecule has 0 N–H and O–H groups in total. The van der Waals surface area contributed by atoms with Crippen LogP contribution in [0.25, 0.3) is 5.69 Å². The van der Waals surface area contributed by atoms with E-state index in [4.69, 9.17) is 4.74 Å². The average Bonchev–Trinajstić information content (AvgIpc) is 3.23. The van der Waals surface area contributed by atoms with E-state index >= 15 is 0 Å². The number of amides is 1. The number of piperidine rings is 1. The van der Waals surface area contributed by atoms with Gasteiger partial charge in [-0.05, 0) is 48.1 Å². The van der Waals surface area contributed by atoms with Gasteiger partial charge in [-0.25, -0.2) is 4.79 Å². The molecule has 2 aromatic rings. The van der Waals surface area contributed by atoms with Gasteiger partial charge in [0.05, 0.1) is 5.69 Å². The van der Waals surface area contributed by atoms with E-state index in [0.29, 0.717) is 10.6 Å². The van der Waals surface area contributed by atoms with Crippen molar-refractivity contribution in [3.05, 3.63) is 22.7 Å². The molecular weight excluding hydrogens is 318 g/mol. The van der Waals surface area contributed by atoms with E-state index in [1.807, 2.05) is 6.92 Å². The summed E-state index contributed by atoms with van der Waals surface area (Å²) >= 11 is 1.23. The molecule has 23 heavy (non-hydrogen) atoms. The summed E-state index contributed by atoms with van der Waals surface area (Å²) in [6.07, 6.45) is 4.53. The first-order valence-electron chi connectivity index (χ1n) is 7.44. The Labute approximate surface area is 137 Å². The third-order valence-corrected chi connectivity index (χ3v) is 4.76. The van der Waals surface area contributed by atoms with Crippen molar-refractivity contribution in [3.63, 3.8) is 0 Å². The fourth-order valence-corrected chi connectivity index (χ4v) is 3.42. The van der Waals surface area contributed by atoms with Crippen molar-refractivity contribution < 1.29 is 14.3 Å². The number of ether oxygens (including phenoxy) is 1. The summed E-state index contributed by atoms with van der Waals surface area (Å²) in [5, 5.41) is 12.6. The lowest BCUT2D eigenvalue weighted by atomic mass is 10.0. The van der Waals surface area contributed by atoms with Crippen molar-refractivity contribution in [2.75, 3.05) is 13.2 Å². The summed E-state index contributed by atoms with van der Waals surface area (Å²) in [5.41, 5.74) is 0.545. The SMILES string of the molecule is CC1CCCCN1C(=O)COC(=O)c1sccc1-n1cnnn1. The molecule has 0 aromatic carbocycles. The number of tetrazole rings is 1. The van der Waals surface area contributed by atoms with Gasteiger partial charge in [-0.3, -0.25) is 4.79 Å². The van der Waals surface area contributed by atoms with E-state index in [-0.39, 0.29) is 18.6 Å². The van der Waals surface area contributed by atoms with E-state index in [9.17, 15) is 9.59 Å². The number of hydrogen-bond donors (Lipinski definition) is 0. The Balaban J connectivity index is 1.62. The van der Waals surface area contributed by atoms with Crippen LogP contribution < -0.4 is 0 Å². The summed E-state index contributed by atoms with van der Waals surface area (Å²) in [7, 11) is 0. The van der Waals surface area contributed by atoms with E-state index in [0.717, 1.165) is 25.8 Å². The number of thiophene rings is 1. The minimum absolute atomic E-state index is 0.147. The summed E-state index contributed by atoms with van der Waals surface area (Å²) in [5.74, 6) is -0.686. The van der Waals surface area contributed by atoms with Gasteiger partial charge >= 0.3 is 5.97 Å². The largest absolute Gasteiger partial charge is 0.451 e. The predicted octanol–water partition coefficient (Wildman–Crippen LogP) is 1.28. The quantitative estimate of drug-likeness (QED) is 0.782. The summed E-state index contributed by atoms with van der Waals surface area (Å²) in [4.78, 5) is 26.6. The fraction of sp³-hybridized carbons (Fsp3) is 0.500. The maximum atomic E-state index is 12.2. The van der Waals surface area contributed by atoms with Crippen LogP contribution in [0, 0.1) is 0 Å². The second-order valence-corrected chi connectivity index (χ2v) is 6.31.